The number of nitrogens with zero attached hydrogens (tertiary/aromatic N) is 2. The molecule has 0 aliphatic carbocycles. The first-order valence-electron chi connectivity index (χ1n) is 5.71. The summed E-state index contributed by atoms with van der Waals surface area (Å²) in [4.78, 5) is 13.9. The number of amides is 1. The largest absolute Gasteiger partial charge is 0.409 e. The molecular weight excluding hydrogens is 334 g/mol. The maximum atomic E-state index is 12.3. The highest BCUT2D eigenvalue weighted by Gasteiger charge is 2.18. The van der Waals surface area contributed by atoms with Gasteiger partial charge in [0.05, 0.1) is 10.6 Å². The summed E-state index contributed by atoms with van der Waals surface area (Å²) in [5, 5.41) is 11.8. The molecule has 0 bridgehead atoms. The fourth-order valence-corrected chi connectivity index (χ4v) is 2.12. The monoisotopic (exact) mass is 347 g/mol. The number of hydrogen-bond donors (Lipinski definition) is 2. The van der Waals surface area contributed by atoms with Crippen molar-refractivity contribution in [3.05, 3.63) is 33.3 Å². The summed E-state index contributed by atoms with van der Waals surface area (Å²) in [6, 6.07) is 5.19. The predicted octanol–water partition coefficient (Wildman–Crippen LogP) is 2.70. The molecule has 1 aromatic rings. The van der Waals surface area contributed by atoms with Crippen LogP contribution in [0.5, 0.6) is 0 Å². The molecule has 0 fully saturated rings. The third-order valence-corrected chi connectivity index (χ3v) is 3.91. The van der Waals surface area contributed by atoms with E-state index in [0.717, 1.165) is 0 Å². The van der Waals surface area contributed by atoms with Gasteiger partial charge in [-0.15, -0.1) is 0 Å². The first kappa shape index (κ1) is 15.8. The van der Waals surface area contributed by atoms with Crippen LogP contribution in [0, 0.1) is 0 Å². The van der Waals surface area contributed by atoms with Gasteiger partial charge in [0.1, 0.15) is 5.84 Å². The normalized spacial score (nSPS) is 11.4. The number of halogens is 2. The lowest BCUT2D eigenvalue weighted by Crippen LogP contribution is -2.34. The number of hydrogen-bond acceptors (Lipinski definition) is 3. The molecule has 0 heterocycles. The summed E-state index contributed by atoms with van der Waals surface area (Å²) in [5.74, 6) is -0.0915. The van der Waals surface area contributed by atoms with Crippen molar-refractivity contribution in [2.75, 3.05) is 13.1 Å². The van der Waals surface area contributed by atoms with E-state index in [1.165, 1.54) is 0 Å². The highest BCUT2D eigenvalue weighted by atomic mass is 79.9. The van der Waals surface area contributed by atoms with E-state index in [0.29, 0.717) is 34.6 Å². The second-order valence-electron chi connectivity index (χ2n) is 3.83. The Balaban J connectivity index is 2.87. The Morgan fingerprint density at radius 3 is 2.84 bits per heavy atom. The minimum absolute atomic E-state index is 0.0894. The Bertz CT molecular complexity index is 494. The Morgan fingerprint density at radius 2 is 2.26 bits per heavy atom. The highest BCUT2D eigenvalue weighted by Crippen LogP contribution is 2.26. The van der Waals surface area contributed by atoms with Crippen LogP contribution in [0.2, 0.25) is 5.02 Å². The number of carbonyl (C=O) groups is 1. The van der Waals surface area contributed by atoms with Crippen LogP contribution in [-0.4, -0.2) is 34.9 Å². The van der Waals surface area contributed by atoms with E-state index in [-0.39, 0.29) is 11.7 Å². The zero-order valence-electron chi connectivity index (χ0n) is 10.4. The number of nitrogens with two attached hydrogens (primary N) is 1. The maximum Gasteiger partial charge on any atom is 0.255 e. The van der Waals surface area contributed by atoms with Crippen LogP contribution in [0.1, 0.15) is 23.7 Å². The molecule has 104 valence electrons. The summed E-state index contributed by atoms with van der Waals surface area (Å²) < 4.78 is 0.674. The number of amidine groups is 1. The van der Waals surface area contributed by atoms with Crippen molar-refractivity contribution < 1.29 is 10.0 Å². The third-order valence-electron chi connectivity index (χ3n) is 2.62. The number of benzene rings is 1. The molecule has 1 aromatic carbocycles. The van der Waals surface area contributed by atoms with Gasteiger partial charge in [-0.2, -0.15) is 0 Å². The van der Waals surface area contributed by atoms with Crippen molar-refractivity contribution in [1.82, 2.24) is 4.90 Å². The average molecular weight is 349 g/mol. The van der Waals surface area contributed by atoms with Crippen molar-refractivity contribution in [2.45, 2.75) is 13.3 Å². The van der Waals surface area contributed by atoms with Crippen molar-refractivity contribution in [2.24, 2.45) is 10.9 Å². The summed E-state index contributed by atoms with van der Waals surface area (Å²) in [6.07, 6.45) is 0.307. The van der Waals surface area contributed by atoms with Gasteiger partial charge in [-0.05, 0) is 35.0 Å². The van der Waals surface area contributed by atoms with Gasteiger partial charge < -0.3 is 15.8 Å². The quantitative estimate of drug-likeness (QED) is 0.372. The third kappa shape index (κ3) is 4.11. The van der Waals surface area contributed by atoms with E-state index >= 15 is 0 Å². The SMILES string of the molecule is CCN(CC/C(N)=N/O)C(=O)c1cccc(Br)c1Cl. The standard InChI is InChI=1S/C12H15BrClN3O2/c1-2-17(7-6-10(15)16-19)12(18)8-4-3-5-9(13)11(8)14/h3-5,19H,2,6-7H2,1H3,(H2,15,16). The average Bonchev–Trinajstić information content (AvgIpc) is 2.41. The second-order valence-corrected chi connectivity index (χ2v) is 5.06. The molecule has 1 rings (SSSR count). The van der Waals surface area contributed by atoms with Gasteiger partial charge >= 0.3 is 0 Å². The molecule has 19 heavy (non-hydrogen) atoms. The van der Waals surface area contributed by atoms with Crippen molar-refractivity contribution in [1.29, 1.82) is 0 Å². The summed E-state index contributed by atoms with van der Waals surface area (Å²) >= 11 is 9.38. The van der Waals surface area contributed by atoms with Crippen molar-refractivity contribution in [3.8, 4) is 0 Å². The molecule has 0 unspecified atom stereocenters. The zero-order chi connectivity index (χ0) is 14.4. The molecule has 5 nitrogen and oxygen atoms in total. The van der Waals surface area contributed by atoms with E-state index < -0.39 is 0 Å². The number of carbonyl (C=O) groups excluding carboxylic acids is 1. The maximum absolute atomic E-state index is 12.3. The summed E-state index contributed by atoms with van der Waals surface area (Å²) in [6.45, 7) is 2.74. The van der Waals surface area contributed by atoms with Gasteiger partial charge in [0.2, 0.25) is 0 Å². The van der Waals surface area contributed by atoms with Gasteiger partial charge in [0.15, 0.2) is 0 Å². The molecule has 7 heteroatoms. The van der Waals surface area contributed by atoms with Crippen LogP contribution >= 0.6 is 27.5 Å². The molecule has 0 aromatic heterocycles. The highest BCUT2D eigenvalue weighted by molar-refractivity contribution is 9.10. The molecule has 0 spiro atoms. The first-order valence-corrected chi connectivity index (χ1v) is 6.88. The molecule has 0 aliphatic rings. The number of rotatable bonds is 5. The zero-order valence-corrected chi connectivity index (χ0v) is 12.8. The molecule has 1 amide bonds. The van der Waals surface area contributed by atoms with Crippen molar-refractivity contribution >= 4 is 39.3 Å². The topological polar surface area (TPSA) is 78.9 Å². The van der Waals surface area contributed by atoms with Gasteiger partial charge in [-0.1, -0.05) is 22.8 Å². The fourth-order valence-electron chi connectivity index (χ4n) is 1.54. The summed E-state index contributed by atoms with van der Waals surface area (Å²) in [5.41, 5.74) is 5.83. The van der Waals surface area contributed by atoms with E-state index in [4.69, 9.17) is 22.5 Å². The Morgan fingerprint density at radius 1 is 1.58 bits per heavy atom. The van der Waals surface area contributed by atoms with E-state index in [2.05, 4.69) is 21.1 Å². The molecule has 0 aliphatic heterocycles. The van der Waals surface area contributed by atoms with Crippen LogP contribution in [0.15, 0.2) is 27.8 Å². The smallest absolute Gasteiger partial charge is 0.255 e. The molecule has 0 radical (unpaired) electrons. The van der Waals surface area contributed by atoms with Gasteiger partial charge in [-0.3, -0.25) is 4.79 Å². The van der Waals surface area contributed by atoms with Crippen LogP contribution in [0.4, 0.5) is 0 Å². The Hall–Kier alpha value is -1.27. The lowest BCUT2D eigenvalue weighted by molar-refractivity contribution is 0.0768. The Kier molecular flexibility index (Phi) is 6.11. The fraction of sp³-hybridized carbons (Fsp3) is 0.333. The lowest BCUT2D eigenvalue weighted by Gasteiger charge is -2.21. The van der Waals surface area contributed by atoms with E-state index in [9.17, 15) is 4.79 Å². The van der Waals surface area contributed by atoms with Crippen molar-refractivity contribution in [3.63, 3.8) is 0 Å². The van der Waals surface area contributed by atoms with Gasteiger partial charge in [-0.25, -0.2) is 0 Å². The molecule has 0 saturated heterocycles. The summed E-state index contributed by atoms with van der Waals surface area (Å²) in [7, 11) is 0. The van der Waals surface area contributed by atoms with Crippen LogP contribution in [0.25, 0.3) is 0 Å². The molecule has 3 N–H and O–H groups in total. The Labute approximate surface area is 125 Å². The second kappa shape index (κ2) is 7.35. The number of oxime groups is 1. The van der Waals surface area contributed by atoms with Crippen LogP contribution in [0.3, 0.4) is 0 Å². The van der Waals surface area contributed by atoms with Gasteiger partial charge in [0.25, 0.3) is 5.91 Å². The minimum Gasteiger partial charge on any atom is -0.409 e. The minimum atomic E-state index is -0.181. The van der Waals surface area contributed by atoms with E-state index in [1.54, 1.807) is 23.1 Å². The van der Waals surface area contributed by atoms with Crippen LogP contribution in [-0.2, 0) is 0 Å². The molecular formula is C12H15BrClN3O2. The molecule has 0 saturated carbocycles. The lowest BCUT2D eigenvalue weighted by atomic mass is 10.2. The van der Waals surface area contributed by atoms with E-state index in [1.807, 2.05) is 6.92 Å². The van der Waals surface area contributed by atoms with Crippen LogP contribution < -0.4 is 5.73 Å². The first-order chi connectivity index (χ1) is 9.01. The molecule has 0 atom stereocenters. The predicted molar refractivity (Wildman–Crippen MR) is 78.8 cm³/mol. The van der Waals surface area contributed by atoms with Gasteiger partial charge in [0, 0.05) is 24.0 Å².